The van der Waals surface area contributed by atoms with Gasteiger partial charge >= 0.3 is 5.97 Å². The fourth-order valence-corrected chi connectivity index (χ4v) is 3.04. The second kappa shape index (κ2) is 7.06. The van der Waals surface area contributed by atoms with Gasteiger partial charge in [0, 0.05) is 5.56 Å². The predicted molar refractivity (Wildman–Crippen MR) is 89.8 cm³/mol. The number of rotatable bonds is 5. The summed E-state index contributed by atoms with van der Waals surface area (Å²) in [7, 11) is -2.51. The molecule has 2 aromatic rings. The van der Waals surface area contributed by atoms with Gasteiger partial charge in [0.1, 0.15) is 5.75 Å². The van der Waals surface area contributed by atoms with Crippen LogP contribution in [0.1, 0.15) is 22.8 Å². The molecule has 0 fully saturated rings. The number of anilines is 1. The second-order valence-corrected chi connectivity index (χ2v) is 6.41. The number of hydrogen-bond acceptors (Lipinski definition) is 4. The van der Waals surface area contributed by atoms with E-state index in [4.69, 9.17) is 9.84 Å². The molecule has 0 saturated carbocycles. The number of carboxylic acid groups (broad SMARTS) is 1. The summed E-state index contributed by atoms with van der Waals surface area (Å²) >= 11 is 0. The maximum atomic E-state index is 12.4. The topological polar surface area (TPSA) is 92.7 Å². The fraction of sp³-hybridized carbons (Fsp3) is 0.118. The Balaban J connectivity index is 2.34. The highest BCUT2D eigenvalue weighted by atomic mass is 32.2. The molecule has 6 nitrogen and oxygen atoms in total. The van der Waals surface area contributed by atoms with E-state index in [1.165, 1.54) is 37.4 Å². The Labute approximate surface area is 140 Å². The highest BCUT2D eigenvalue weighted by Crippen LogP contribution is 2.28. The van der Waals surface area contributed by atoms with Crippen LogP contribution in [0.15, 0.2) is 47.4 Å². The van der Waals surface area contributed by atoms with Gasteiger partial charge in [-0.3, -0.25) is 4.72 Å². The van der Waals surface area contributed by atoms with E-state index in [0.29, 0.717) is 5.56 Å². The smallest absolute Gasteiger partial charge is 0.335 e. The van der Waals surface area contributed by atoms with Crippen molar-refractivity contribution in [2.75, 3.05) is 11.8 Å². The van der Waals surface area contributed by atoms with Gasteiger partial charge in [-0.25, -0.2) is 13.2 Å². The Kier molecular flexibility index (Phi) is 5.11. The van der Waals surface area contributed by atoms with E-state index in [2.05, 4.69) is 16.6 Å². The lowest BCUT2D eigenvalue weighted by atomic mass is 10.2. The van der Waals surface area contributed by atoms with Crippen LogP contribution in [-0.2, 0) is 10.0 Å². The summed E-state index contributed by atoms with van der Waals surface area (Å²) in [5.41, 5.74) is 0.858. The number of aromatic carboxylic acids is 1. The van der Waals surface area contributed by atoms with E-state index in [9.17, 15) is 13.2 Å². The minimum atomic E-state index is -3.84. The molecule has 0 spiro atoms. The van der Waals surface area contributed by atoms with Crippen molar-refractivity contribution < 1.29 is 23.1 Å². The molecule has 0 unspecified atom stereocenters. The van der Waals surface area contributed by atoms with E-state index >= 15 is 0 Å². The molecule has 0 bridgehead atoms. The van der Waals surface area contributed by atoms with Crippen molar-refractivity contribution in [1.82, 2.24) is 0 Å². The van der Waals surface area contributed by atoms with Crippen molar-refractivity contribution >= 4 is 21.7 Å². The lowest BCUT2D eigenvalue weighted by molar-refractivity contribution is 0.0696. The van der Waals surface area contributed by atoms with E-state index in [-0.39, 0.29) is 21.9 Å². The number of sulfonamides is 1. The van der Waals surface area contributed by atoms with Crippen LogP contribution in [0.2, 0.25) is 0 Å². The number of methoxy groups -OCH3 is 1. The van der Waals surface area contributed by atoms with Crippen molar-refractivity contribution in [3.8, 4) is 17.6 Å². The van der Waals surface area contributed by atoms with Gasteiger partial charge in [0.05, 0.1) is 23.3 Å². The zero-order valence-electron chi connectivity index (χ0n) is 13.0. The van der Waals surface area contributed by atoms with Crippen molar-refractivity contribution in [3.05, 3.63) is 53.6 Å². The molecule has 0 aliphatic carbocycles. The van der Waals surface area contributed by atoms with Crippen LogP contribution in [0.3, 0.4) is 0 Å². The highest BCUT2D eigenvalue weighted by Gasteiger charge is 2.17. The first-order valence-corrected chi connectivity index (χ1v) is 8.32. The number of carbonyl (C=O) groups is 1. The molecule has 0 aliphatic heterocycles. The molecule has 124 valence electrons. The van der Waals surface area contributed by atoms with E-state index < -0.39 is 16.0 Å². The molecular formula is C17H15NO5S. The fourth-order valence-electron chi connectivity index (χ4n) is 1.97. The molecule has 0 aromatic heterocycles. The van der Waals surface area contributed by atoms with Gasteiger partial charge in [-0.1, -0.05) is 5.92 Å². The monoisotopic (exact) mass is 345 g/mol. The predicted octanol–water partition coefficient (Wildman–Crippen LogP) is 2.57. The van der Waals surface area contributed by atoms with E-state index in [1.807, 2.05) is 0 Å². The van der Waals surface area contributed by atoms with Crippen LogP contribution in [0.4, 0.5) is 5.69 Å². The summed E-state index contributed by atoms with van der Waals surface area (Å²) < 4.78 is 32.3. The molecule has 2 aromatic carbocycles. The Bertz CT molecular complexity index is 922. The summed E-state index contributed by atoms with van der Waals surface area (Å²) in [5, 5.41) is 8.97. The molecule has 0 aliphatic rings. The molecule has 0 amide bonds. The van der Waals surface area contributed by atoms with Gasteiger partial charge in [-0.15, -0.1) is 5.92 Å². The number of ether oxygens (including phenoxy) is 1. The molecule has 24 heavy (non-hydrogen) atoms. The standard InChI is InChI=1S/C17H15NO5S/c1-3-4-12-5-8-14(9-6-12)24(21,22)18-15-10-7-13(17(19)20)11-16(15)23-2/h5-11,18H,1-2H3,(H,19,20). The quantitative estimate of drug-likeness (QED) is 0.813. The highest BCUT2D eigenvalue weighted by molar-refractivity contribution is 7.92. The Hall–Kier alpha value is -2.98. The Morgan fingerprint density at radius 3 is 2.38 bits per heavy atom. The van der Waals surface area contributed by atoms with Gasteiger partial charge < -0.3 is 9.84 Å². The summed E-state index contributed by atoms with van der Waals surface area (Å²) in [6.45, 7) is 1.69. The van der Waals surface area contributed by atoms with Gasteiger partial charge in [-0.2, -0.15) is 0 Å². The molecule has 7 heteroatoms. The first-order valence-electron chi connectivity index (χ1n) is 6.84. The van der Waals surface area contributed by atoms with Gasteiger partial charge in [-0.05, 0) is 49.4 Å². The minimum Gasteiger partial charge on any atom is -0.495 e. The van der Waals surface area contributed by atoms with Crippen molar-refractivity contribution in [3.63, 3.8) is 0 Å². The average molecular weight is 345 g/mol. The van der Waals surface area contributed by atoms with Crippen molar-refractivity contribution in [2.45, 2.75) is 11.8 Å². The average Bonchev–Trinajstić information content (AvgIpc) is 2.55. The third-order valence-corrected chi connectivity index (χ3v) is 4.51. The third-order valence-electron chi connectivity index (χ3n) is 3.13. The summed E-state index contributed by atoms with van der Waals surface area (Å²) in [5.74, 6) is 4.55. The van der Waals surface area contributed by atoms with Crippen LogP contribution < -0.4 is 9.46 Å². The largest absolute Gasteiger partial charge is 0.495 e. The lowest BCUT2D eigenvalue weighted by Gasteiger charge is -2.12. The first kappa shape index (κ1) is 17.4. The summed E-state index contributed by atoms with van der Waals surface area (Å²) in [4.78, 5) is 11.0. The minimum absolute atomic E-state index is 0.00251. The summed E-state index contributed by atoms with van der Waals surface area (Å²) in [6, 6.07) is 9.99. The SMILES string of the molecule is CC#Cc1ccc(S(=O)(=O)Nc2ccc(C(=O)O)cc2OC)cc1. The van der Waals surface area contributed by atoms with Crippen LogP contribution in [-0.4, -0.2) is 26.6 Å². The molecule has 0 atom stereocenters. The first-order chi connectivity index (χ1) is 11.4. The lowest BCUT2D eigenvalue weighted by Crippen LogP contribution is -2.14. The zero-order valence-corrected chi connectivity index (χ0v) is 13.8. The number of nitrogens with one attached hydrogen (secondary N) is 1. The second-order valence-electron chi connectivity index (χ2n) is 4.73. The normalized spacial score (nSPS) is 10.4. The van der Waals surface area contributed by atoms with Crippen LogP contribution in [0.25, 0.3) is 0 Å². The number of hydrogen-bond donors (Lipinski definition) is 2. The Morgan fingerprint density at radius 2 is 1.83 bits per heavy atom. The third kappa shape index (κ3) is 3.86. The number of benzene rings is 2. The van der Waals surface area contributed by atoms with Crippen molar-refractivity contribution in [1.29, 1.82) is 0 Å². The zero-order chi connectivity index (χ0) is 17.7. The molecule has 0 radical (unpaired) electrons. The van der Waals surface area contributed by atoms with Gasteiger partial charge in [0.25, 0.3) is 10.0 Å². The van der Waals surface area contributed by atoms with Crippen LogP contribution in [0, 0.1) is 11.8 Å². The molecule has 2 N–H and O–H groups in total. The van der Waals surface area contributed by atoms with E-state index in [1.54, 1.807) is 19.1 Å². The molecule has 2 rings (SSSR count). The number of carboxylic acids is 1. The van der Waals surface area contributed by atoms with Crippen LogP contribution >= 0.6 is 0 Å². The van der Waals surface area contributed by atoms with E-state index in [0.717, 1.165) is 0 Å². The van der Waals surface area contributed by atoms with Gasteiger partial charge in [0.2, 0.25) is 0 Å². The summed E-state index contributed by atoms with van der Waals surface area (Å²) in [6.07, 6.45) is 0. The Morgan fingerprint density at radius 1 is 1.17 bits per heavy atom. The van der Waals surface area contributed by atoms with Crippen LogP contribution in [0.5, 0.6) is 5.75 Å². The van der Waals surface area contributed by atoms with Gasteiger partial charge in [0.15, 0.2) is 0 Å². The van der Waals surface area contributed by atoms with Crippen molar-refractivity contribution in [2.24, 2.45) is 0 Å². The molecular weight excluding hydrogens is 330 g/mol. The molecule has 0 heterocycles. The maximum Gasteiger partial charge on any atom is 0.335 e. The maximum absolute atomic E-state index is 12.4. The molecule has 0 saturated heterocycles.